The van der Waals surface area contributed by atoms with Crippen molar-refractivity contribution in [1.82, 2.24) is 8.87 Å². The predicted molar refractivity (Wildman–Crippen MR) is 125 cm³/mol. The van der Waals surface area contributed by atoms with Gasteiger partial charge in [0.25, 0.3) is 5.91 Å². The Balaban J connectivity index is 1.60. The maximum atomic E-state index is 12.9. The van der Waals surface area contributed by atoms with E-state index in [1.807, 2.05) is 28.8 Å². The van der Waals surface area contributed by atoms with Gasteiger partial charge in [-0.25, -0.2) is 8.42 Å². The van der Waals surface area contributed by atoms with Crippen LogP contribution in [0.1, 0.15) is 30.1 Å². The number of aromatic nitrogens is 1. The number of piperidine rings is 1. The van der Waals surface area contributed by atoms with Crippen LogP contribution < -0.4 is 4.80 Å². The van der Waals surface area contributed by atoms with Gasteiger partial charge in [0.05, 0.1) is 21.7 Å². The molecule has 170 valence electrons. The number of para-hydroxylation sites is 1. The van der Waals surface area contributed by atoms with Gasteiger partial charge in [-0.1, -0.05) is 30.4 Å². The molecule has 0 unspecified atom stereocenters. The molecule has 1 aromatic heterocycles. The zero-order chi connectivity index (χ0) is 22.7. The Hall–Kier alpha value is -2.33. The summed E-state index contributed by atoms with van der Waals surface area (Å²) in [7, 11) is -1.91. The normalized spacial score (nSPS) is 16.6. The van der Waals surface area contributed by atoms with E-state index in [0.717, 1.165) is 23.1 Å². The second kappa shape index (κ2) is 9.66. The molecule has 1 saturated heterocycles. The molecule has 2 aromatic carbocycles. The molecule has 0 aliphatic carbocycles. The number of rotatable bonds is 6. The number of carbonyl (C=O) groups is 1. The highest BCUT2D eigenvalue weighted by molar-refractivity contribution is 7.89. The van der Waals surface area contributed by atoms with Crippen molar-refractivity contribution in [2.75, 3.05) is 26.8 Å². The summed E-state index contributed by atoms with van der Waals surface area (Å²) in [6, 6.07) is 14.0. The van der Waals surface area contributed by atoms with Crippen molar-refractivity contribution < 1.29 is 17.9 Å². The summed E-state index contributed by atoms with van der Waals surface area (Å²) in [5.41, 5.74) is 1.35. The lowest BCUT2D eigenvalue weighted by Crippen LogP contribution is -2.37. The predicted octanol–water partition coefficient (Wildman–Crippen LogP) is 3.51. The summed E-state index contributed by atoms with van der Waals surface area (Å²) in [5.74, 6) is 0.141. The minimum atomic E-state index is -3.55. The average Bonchev–Trinajstić information content (AvgIpc) is 3.14. The summed E-state index contributed by atoms with van der Waals surface area (Å²) < 4.78 is 35.6. The van der Waals surface area contributed by atoms with E-state index >= 15 is 0 Å². The lowest BCUT2D eigenvalue weighted by Gasteiger charge is -2.29. The Morgan fingerprint density at radius 1 is 1.12 bits per heavy atom. The number of hydrogen-bond acceptors (Lipinski definition) is 5. The molecule has 32 heavy (non-hydrogen) atoms. The van der Waals surface area contributed by atoms with Gasteiger partial charge in [-0.05, 0) is 55.2 Å². The highest BCUT2D eigenvalue weighted by Gasteiger charge is 2.28. The maximum absolute atomic E-state index is 12.9. The molecule has 7 nitrogen and oxygen atoms in total. The number of nitrogens with zero attached hydrogens (tertiary/aromatic N) is 3. The van der Waals surface area contributed by atoms with Crippen LogP contribution in [-0.4, -0.2) is 50.0 Å². The number of ether oxygens (including phenoxy) is 1. The monoisotopic (exact) mass is 473 g/mol. The van der Waals surface area contributed by atoms with Gasteiger partial charge in [0, 0.05) is 32.3 Å². The highest BCUT2D eigenvalue weighted by Crippen LogP contribution is 2.24. The first kappa shape index (κ1) is 22.8. The quantitative estimate of drug-likeness (QED) is 0.549. The SMILES string of the molecule is COCCn1c(=NC(=O)c2ccc(S(=O)(=O)N3CCC(C)CC3)cc2)sc2ccccc21. The molecular weight excluding hydrogens is 446 g/mol. The van der Waals surface area contributed by atoms with Gasteiger partial charge in [0.2, 0.25) is 10.0 Å². The Kier molecular flexibility index (Phi) is 6.90. The van der Waals surface area contributed by atoms with E-state index in [2.05, 4.69) is 11.9 Å². The Morgan fingerprint density at radius 2 is 1.81 bits per heavy atom. The van der Waals surface area contributed by atoms with Crippen LogP contribution in [0.2, 0.25) is 0 Å². The van der Waals surface area contributed by atoms with Crippen LogP contribution in [0.15, 0.2) is 58.4 Å². The molecule has 1 aliphatic rings. The molecule has 0 saturated carbocycles. The molecule has 1 fully saturated rings. The average molecular weight is 474 g/mol. The van der Waals surface area contributed by atoms with Gasteiger partial charge in [0.15, 0.2) is 4.80 Å². The molecule has 9 heteroatoms. The van der Waals surface area contributed by atoms with Gasteiger partial charge < -0.3 is 9.30 Å². The summed E-state index contributed by atoms with van der Waals surface area (Å²) >= 11 is 1.44. The van der Waals surface area contributed by atoms with E-state index in [1.54, 1.807) is 7.11 Å². The van der Waals surface area contributed by atoms with Crippen molar-refractivity contribution in [2.45, 2.75) is 31.2 Å². The molecule has 0 bridgehead atoms. The molecule has 4 rings (SSSR count). The molecule has 0 radical (unpaired) electrons. The number of carbonyl (C=O) groups excluding carboxylic acids is 1. The van der Waals surface area contributed by atoms with E-state index < -0.39 is 15.9 Å². The molecule has 1 amide bonds. The van der Waals surface area contributed by atoms with Crippen molar-refractivity contribution in [1.29, 1.82) is 0 Å². The van der Waals surface area contributed by atoms with Gasteiger partial charge in [0.1, 0.15) is 0 Å². The van der Waals surface area contributed by atoms with Crippen LogP contribution in [-0.2, 0) is 21.3 Å². The summed E-state index contributed by atoms with van der Waals surface area (Å²) in [6.07, 6.45) is 1.74. The van der Waals surface area contributed by atoms with Crippen LogP contribution in [0.5, 0.6) is 0 Å². The smallest absolute Gasteiger partial charge is 0.279 e. The van der Waals surface area contributed by atoms with Crippen LogP contribution in [0.4, 0.5) is 0 Å². The molecule has 3 aromatic rings. The number of hydrogen-bond donors (Lipinski definition) is 0. The fourth-order valence-corrected chi connectivity index (χ4v) is 6.32. The summed E-state index contributed by atoms with van der Waals surface area (Å²) in [5, 5.41) is 0. The first-order valence-electron chi connectivity index (χ1n) is 10.7. The van der Waals surface area contributed by atoms with Gasteiger partial charge >= 0.3 is 0 Å². The van der Waals surface area contributed by atoms with Gasteiger partial charge in [-0.2, -0.15) is 9.30 Å². The second-order valence-electron chi connectivity index (χ2n) is 8.02. The van der Waals surface area contributed by atoms with Crippen molar-refractivity contribution in [3.63, 3.8) is 0 Å². The molecule has 0 N–H and O–H groups in total. The fourth-order valence-electron chi connectivity index (χ4n) is 3.80. The fraction of sp³-hybridized carbons (Fsp3) is 0.391. The van der Waals surface area contributed by atoms with E-state index in [0.29, 0.717) is 42.5 Å². The van der Waals surface area contributed by atoms with E-state index in [1.165, 1.54) is 39.9 Å². The first-order chi connectivity index (χ1) is 15.4. The van der Waals surface area contributed by atoms with Crippen molar-refractivity contribution in [3.8, 4) is 0 Å². The lowest BCUT2D eigenvalue weighted by atomic mass is 10.0. The maximum Gasteiger partial charge on any atom is 0.279 e. The van der Waals surface area contributed by atoms with E-state index in [-0.39, 0.29) is 4.90 Å². The molecule has 0 atom stereocenters. The number of benzene rings is 2. The largest absolute Gasteiger partial charge is 0.383 e. The summed E-state index contributed by atoms with van der Waals surface area (Å²) in [4.78, 5) is 18.0. The number of methoxy groups -OCH3 is 1. The molecule has 2 heterocycles. The third-order valence-electron chi connectivity index (χ3n) is 5.79. The van der Waals surface area contributed by atoms with Crippen molar-refractivity contribution >= 4 is 37.5 Å². The van der Waals surface area contributed by atoms with Crippen LogP contribution >= 0.6 is 11.3 Å². The number of fused-ring (bicyclic) bond motifs is 1. The van der Waals surface area contributed by atoms with E-state index in [9.17, 15) is 13.2 Å². The van der Waals surface area contributed by atoms with Crippen LogP contribution in [0, 0.1) is 5.92 Å². The van der Waals surface area contributed by atoms with Crippen molar-refractivity contribution in [3.05, 3.63) is 58.9 Å². The second-order valence-corrected chi connectivity index (χ2v) is 11.0. The minimum Gasteiger partial charge on any atom is -0.383 e. The summed E-state index contributed by atoms with van der Waals surface area (Å²) in [6.45, 7) is 4.30. The first-order valence-corrected chi connectivity index (χ1v) is 12.9. The van der Waals surface area contributed by atoms with Crippen LogP contribution in [0.25, 0.3) is 10.2 Å². The Morgan fingerprint density at radius 3 is 2.50 bits per heavy atom. The van der Waals surface area contributed by atoms with Crippen LogP contribution in [0.3, 0.4) is 0 Å². The van der Waals surface area contributed by atoms with Crippen molar-refractivity contribution in [2.24, 2.45) is 10.9 Å². The molecule has 1 aliphatic heterocycles. The molecule has 0 spiro atoms. The lowest BCUT2D eigenvalue weighted by molar-refractivity contribution is 0.0997. The Bertz CT molecular complexity index is 1270. The van der Waals surface area contributed by atoms with Gasteiger partial charge in [-0.3, -0.25) is 4.79 Å². The van der Waals surface area contributed by atoms with E-state index in [4.69, 9.17) is 4.74 Å². The Labute approximate surface area is 192 Å². The topological polar surface area (TPSA) is 81.0 Å². The third-order valence-corrected chi connectivity index (χ3v) is 8.76. The standard InChI is InChI=1S/C23H27N3O4S2/c1-17-11-13-25(14-12-17)32(28,29)19-9-7-18(8-10-19)22(27)24-23-26(15-16-30-2)20-5-3-4-6-21(20)31-23/h3-10,17H,11-16H2,1-2H3. The zero-order valence-corrected chi connectivity index (χ0v) is 19.9. The minimum absolute atomic E-state index is 0.209. The third kappa shape index (κ3) is 4.71. The number of sulfonamides is 1. The number of thiazole rings is 1. The number of amides is 1. The molecular formula is C23H27N3O4S2. The highest BCUT2D eigenvalue weighted by atomic mass is 32.2. The van der Waals surface area contributed by atoms with Gasteiger partial charge in [-0.15, -0.1) is 0 Å². The zero-order valence-electron chi connectivity index (χ0n) is 18.2.